The Hall–Kier alpha value is -14.7. The number of carbonyl (C=O) groups is 3. The van der Waals surface area contributed by atoms with Crippen molar-refractivity contribution in [3.8, 4) is 17.2 Å². The average molecular weight is 1960 g/mol. The Bertz CT molecular complexity index is 6330. The largest absolute Gasteiger partial charge is 0.462 e. The molecule has 3 fully saturated rings. The Morgan fingerprint density at radius 2 is 0.418 bits per heavy atom. The SMILES string of the molecule is C=CCOC(=O)c1ccc(O[C@@H]2O[C@H](COC(=O)c3ccc(O[C@@H]4O[C@H](COC(=O)c5ccc(O[C@@H]6O[C@H](COC(c7ccccc7)(c7ccccc7)c7ccccc7)[C@@H](OCc7ccccc7)[C@H](OCc7ccccc7)[C@H]6OCc6ccccc6)cc5)[C@@H](OCc5ccccc5)[C@H](OCc5ccccc5)[C@H]4OCc4ccccc4)cc3)[C@@H](OCc3ccccc3)[C@H](OCc3ccccc3)[C@H]2OCc2ccccc2)cc1. The highest BCUT2D eigenvalue weighted by Crippen LogP contribution is 2.44. The van der Waals surface area contributed by atoms with Gasteiger partial charge in [0.15, 0.2) is 0 Å². The molecule has 22 nitrogen and oxygen atoms in total. The summed E-state index contributed by atoms with van der Waals surface area (Å²) in [6.07, 6.45) is -13.9. The highest BCUT2D eigenvalue weighted by molar-refractivity contribution is 5.90. The zero-order chi connectivity index (χ0) is 99.5. The molecule has 146 heavy (non-hydrogen) atoms. The Balaban J connectivity index is 0.634. The van der Waals surface area contributed by atoms with Crippen molar-refractivity contribution in [3.63, 3.8) is 0 Å². The number of esters is 3. The topological polar surface area (TPSA) is 227 Å². The first-order chi connectivity index (χ1) is 72.1. The van der Waals surface area contributed by atoms with Gasteiger partial charge in [-0.3, -0.25) is 0 Å². The Kier molecular flexibility index (Phi) is 36.3. The van der Waals surface area contributed by atoms with E-state index in [2.05, 4.69) is 43.0 Å². The van der Waals surface area contributed by atoms with Crippen LogP contribution in [0, 0.1) is 0 Å². The molecule has 0 saturated carbocycles. The molecule has 0 bridgehead atoms. The lowest BCUT2D eigenvalue weighted by atomic mass is 9.80. The normalized spacial score (nSPS) is 20.8. The van der Waals surface area contributed by atoms with Crippen molar-refractivity contribution >= 4 is 17.9 Å². The summed E-state index contributed by atoms with van der Waals surface area (Å²) in [5.41, 5.74) is 10.0. The molecular formula is C124H116O22. The Labute approximate surface area is 851 Å². The molecule has 0 amide bonds. The molecule has 0 spiro atoms. The molecule has 744 valence electrons. The number of hydrogen-bond donors (Lipinski definition) is 0. The third kappa shape index (κ3) is 27.5. The summed E-state index contributed by atoms with van der Waals surface area (Å²) in [5, 5.41) is 0. The van der Waals surface area contributed by atoms with E-state index in [0.29, 0.717) is 17.1 Å². The first-order valence-corrected chi connectivity index (χ1v) is 49.2. The van der Waals surface area contributed by atoms with Gasteiger partial charge >= 0.3 is 17.9 Å². The van der Waals surface area contributed by atoms with E-state index < -0.39 is 116 Å². The number of ether oxygens (including phenoxy) is 19. The second kappa shape index (κ2) is 52.2. The lowest BCUT2D eigenvalue weighted by molar-refractivity contribution is -0.312. The van der Waals surface area contributed by atoms with Crippen LogP contribution in [0.2, 0.25) is 0 Å². The quantitative estimate of drug-likeness (QED) is 0.0149. The van der Waals surface area contributed by atoms with E-state index in [1.807, 2.05) is 328 Å². The summed E-state index contributed by atoms with van der Waals surface area (Å²) < 4.78 is 132. The van der Waals surface area contributed by atoms with Crippen molar-refractivity contribution in [2.45, 2.75) is 157 Å². The van der Waals surface area contributed by atoms with Gasteiger partial charge in [0.05, 0.1) is 82.8 Å². The third-order valence-corrected chi connectivity index (χ3v) is 25.5. The monoisotopic (exact) mass is 1960 g/mol. The first-order valence-electron chi connectivity index (χ1n) is 49.2. The smallest absolute Gasteiger partial charge is 0.338 e. The van der Waals surface area contributed by atoms with Crippen LogP contribution in [0.3, 0.4) is 0 Å². The molecule has 3 aliphatic rings. The van der Waals surface area contributed by atoms with E-state index in [0.717, 1.165) is 66.8 Å². The summed E-state index contributed by atoms with van der Waals surface area (Å²) in [6.45, 7) is 4.09. The van der Waals surface area contributed by atoms with Crippen molar-refractivity contribution in [1.82, 2.24) is 0 Å². The molecule has 0 aliphatic carbocycles. The third-order valence-electron chi connectivity index (χ3n) is 25.5. The lowest BCUT2D eigenvalue weighted by Gasteiger charge is -2.47. The lowest BCUT2D eigenvalue weighted by Crippen LogP contribution is -2.63. The fourth-order valence-electron chi connectivity index (χ4n) is 18.0. The van der Waals surface area contributed by atoms with Crippen LogP contribution in [0.25, 0.3) is 0 Å². The predicted octanol–water partition coefficient (Wildman–Crippen LogP) is 22.3. The minimum atomic E-state index is -1.31. The molecule has 3 saturated heterocycles. The van der Waals surface area contributed by atoms with Crippen molar-refractivity contribution < 1.29 is 104 Å². The van der Waals surface area contributed by atoms with Gasteiger partial charge in [-0.15, -0.1) is 0 Å². The van der Waals surface area contributed by atoms with Gasteiger partial charge in [0.25, 0.3) is 0 Å². The van der Waals surface area contributed by atoms with Gasteiger partial charge in [0, 0.05) is 0 Å². The van der Waals surface area contributed by atoms with Gasteiger partial charge in [-0.05, 0) is 140 Å². The van der Waals surface area contributed by atoms with Crippen molar-refractivity contribution in [1.29, 1.82) is 0 Å². The standard InChI is InChI=1S/C124H116O22/c1-2-75-128-118(125)97-63-69-103(70-64-97)141-121-115(135-82-94-51-27-9-28-52-94)112(132-79-91-45-21-6-22-46-91)109(129-76-88-39-15-3-16-40-88)106(144-121)85-138-119(126)98-65-71-104(72-66-98)142-122-116(136-83-95-53-29-10-30-54-95)113(133-80-92-47-23-7-24-48-92)110(130-77-89-41-17-4-18-42-89)107(145-122)86-139-120(127)99-67-73-105(74-68-99)143-123-117(137-84-96-55-31-11-32-56-96)114(134-81-93-49-25-8-26-50-93)111(131-78-90-43-19-5-20-44-90)108(146-123)87-140-124(100-57-33-12-34-58-100,101-59-35-13-36-60-101)102-61-37-14-38-62-102/h2-74,106-117,121-123H,1,75-87H2/t106-,107-,108-,109-,110-,111-,112+,113+,114+,115-,116-,117-,121-,122-,123-/m1/s1. The molecule has 18 rings (SSSR count). The molecule has 15 aromatic carbocycles. The van der Waals surface area contributed by atoms with Crippen LogP contribution in [0.4, 0.5) is 0 Å². The summed E-state index contributed by atoms with van der Waals surface area (Å²) in [6, 6.07) is 138. The van der Waals surface area contributed by atoms with Gasteiger partial charge in [-0.1, -0.05) is 377 Å². The Morgan fingerprint density at radius 1 is 0.226 bits per heavy atom. The van der Waals surface area contributed by atoms with Crippen molar-refractivity contribution in [3.05, 3.63) is 533 Å². The first kappa shape index (κ1) is 101. The molecule has 0 radical (unpaired) electrons. The molecule has 0 aromatic heterocycles. The van der Waals surface area contributed by atoms with E-state index in [1.165, 1.54) is 6.08 Å². The maximum Gasteiger partial charge on any atom is 0.338 e. The summed E-state index contributed by atoms with van der Waals surface area (Å²) in [4.78, 5) is 43.1. The second-order valence-corrected chi connectivity index (χ2v) is 35.6. The number of rotatable bonds is 48. The highest BCUT2D eigenvalue weighted by atomic mass is 16.8. The molecule has 15 aromatic rings. The number of benzene rings is 15. The van der Waals surface area contributed by atoms with Crippen LogP contribution >= 0.6 is 0 Å². The molecule has 3 heterocycles. The summed E-state index contributed by atoms with van der Waals surface area (Å²) in [7, 11) is 0. The number of carbonyl (C=O) groups excluding carboxylic acids is 3. The van der Waals surface area contributed by atoms with Gasteiger partial charge in [0.2, 0.25) is 18.9 Å². The van der Waals surface area contributed by atoms with Crippen LogP contribution in [0.1, 0.15) is 97.8 Å². The molecule has 22 heteroatoms. The van der Waals surface area contributed by atoms with E-state index in [9.17, 15) is 9.59 Å². The van der Waals surface area contributed by atoms with Crippen LogP contribution in [-0.4, -0.2) is 136 Å². The number of hydrogen-bond acceptors (Lipinski definition) is 22. The van der Waals surface area contributed by atoms with Gasteiger partial charge < -0.3 is 90.0 Å². The zero-order valence-corrected chi connectivity index (χ0v) is 80.7. The van der Waals surface area contributed by atoms with Crippen molar-refractivity contribution in [2.75, 3.05) is 26.4 Å². The van der Waals surface area contributed by atoms with Crippen molar-refractivity contribution in [2.24, 2.45) is 0 Å². The van der Waals surface area contributed by atoms with Gasteiger partial charge in [-0.25, -0.2) is 14.4 Å². The van der Waals surface area contributed by atoms with Crippen LogP contribution in [-0.2, 0) is 141 Å². The molecule has 3 aliphatic heterocycles. The minimum Gasteiger partial charge on any atom is -0.462 e. The minimum absolute atomic E-state index is 0.0328. The van der Waals surface area contributed by atoms with Crippen LogP contribution in [0.5, 0.6) is 17.2 Å². The van der Waals surface area contributed by atoms with E-state index in [-0.39, 0.29) is 103 Å². The van der Waals surface area contributed by atoms with Gasteiger partial charge in [0.1, 0.15) is 116 Å². The van der Waals surface area contributed by atoms with E-state index >= 15 is 4.79 Å². The fourth-order valence-corrected chi connectivity index (χ4v) is 18.0. The average Bonchev–Trinajstić information content (AvgIpc) is 0.740. The summed E-state index contributed by atoms with van der Waals surface area (Å²) >= 11 is 0. The summed E-state index contributed by atoms with van der Waals surface area (Å²) in [5.74, 6) is -1.04. The fraction of sp³-hybridized carbons (Fsp3) is 0.234. The van der Waals surface area contributed by atoms with Gasteiger partial charge in [-0.2, -0.15) is 0 Å². The molecule has 0 N–H and O–H groups in total. The second-order valence-electron chi connectivity index (χ2n) is 35.6. The maximum atomic E-state index is 15.2. The Morgan fingerprint density at radius 3 is 0.637 bits per heavy atom. The van der Waals surface area contributed by atoms with Crippen LogP contribution < -0.4 is 14.2 Å². The maximum absolute atomic E-state index is 15.2. The van der Waals surface area contributed by atoms with Crippen LogP contribution in [0.15, 0.2) is 449 Å². The molecule has 15 atom stereocenters. The van der Waals surface area contributed by atoms with E-state index in [4.69, 9.17) is 90.0 Å². The molecular weight excluding hydrogens is 1840 g/mol. The predicted molar refractivity (Wildman–Crippen MR) is 549 cm³/mol. The van der Waals surface area contributed by atoms with E-state index in [1.54, 1.807) is 72.8 Å². The molecule has 0 unspecified atom stereocenters. The zero-order valence-electron chi connectivity index (χ0n) is 80.7. The highest BCUT2D eigenvalue weighted by Gasteiger charge is 2.55.